The van der Waals surface area contributed by atoms with E-state index in [0.29, 0.717) is 17.0 Å². The lowest BCUT2D eigenvalue weighted by Gasteiger charge is -1.91. The summed E-state index contributed by atoms with van der Waals surface area (Å²) in [6.07, 6.45) is 1.34. The zero-order valence-corrected chi connectivity index (χ0v) is 7.72. The molecule has 0 bridgehead atoms. The van der Waals surface area contributed by atoms with E-state index in [1.807, 2.05) is 0 Å². The summed E-state index contributed by atoms with van der Waals surface area (Å²) in [6.45, 7) is 0. The Balaban J connectivity index is 2.58. The highest BCUT2D eigenvalue weighted by molar-refractivity contribution is 7.14. The fourth-order valence-electron chi connectivity index (χ4n) is 0.942. The van der Waals surface area contributed by atoms with Gasteiger partial charge in [-0.1, -0.05) is 11.6 Å². The first-order valence-electron chi connectivity index (χ1n) is 3.32. The first-order chi connectivity index (χ1) is 6.18. The second-order valence-corrected chi connectivity index (χ2v) is 3.73. The molecule has 0 aliphatic rings. The maximum atomic E-state index is 13.0. The zero-order chi connectivity index (χ0) is 9.42. The minimum Gasteiger partial charge on any atom is -0.275 e. The van der Waals surface area contributed by atoms with E-state index in [9.17, 15) is 8.78 Å². The summed E-state index contributed by atoms with van der Waals surface area (Å²) in [6, 6.07) is 0.817. The lowest BCUT2D eigenvalue weighted by Crippen LogP contribution is -1.76. The summed E-state index contributed by atoms with van der Waals surface area (Å²) in [5.41, 5.74) is 0.313. The predicted octanol–water partition coefficient (Wildman–Crippen LogP) is 3.07. The van der Waals surface area contributed by atoms with Crippen molar-refractivity contribution in [2.45, 2.75) is 0 Å². The number of thiophene rings is 1. The maximum absolute atomic E-state index is 13.0. The van der Waals surface area contributed by atoms with E-state index >= 15 is 0 Å². The lowest BCUT2D eigenvalue weighted by molar-refractivity contribution is 0.611. The molecule has 0 aliphatic carbocycles. The fraction of sp³-hybridized carbons (Fsp3) is 0. The molecular formula is C7H3ClF2N2S. The fourth-order valence-corrected chi connectivity index (χ4v) is 1.96. The van der Waals surface area contributed by atoms with Crippen LogP contribution in [0.2, 0.25) is 5.02 Å². The Labute approximate surface area is 81.2 Å². The average Bonchev–Trinajstić information content (AvgIpc) is 2.58. The van der Waals surface area contributed by atoms with Crippen LogP contribution in [0.4, 0.5) is 8.78 Å². The van der Waals surface area contributed by atoms with Crippen LogP contribution in [-0.2, 0) is 0 Å². The molecular weight excluding hydrogens is 218 g/mol. The van der Waals surface area contributed by atoms with Crippen LogP contribution in [0.5, 0.6) is 0 Å². The highest BCUT2D eigenvalue weighted by Crippen LogP contribution is 2.33. The molecule has 0 radical (unpaired) electrons. The molecule has 0 atom stereocenters. The van der Waals surface area contributed by atoms with Crippen molar-refractivity contribution in [1.29, 1.82) is 0 Å². The Hall–Kier alpha value is -0.940. The summed E-state index contributed by atoms with van der Waals surface area (Å²) in [4.78, 5) is 0.139. The van der Waals surface area contributed by atoms with Crippen LogP contribution < -0.4 is 0 Å². The van der Waals surface area contributed by atoms with Crippen LogP contribution >= 0.6 is 22.9 Å². The molecule has 1 N–H and O–H groups in total. The number of nitrogens with zero attached hydrogens (tertiary/aromatic N) is 1. The van der Waals surface area contributed by atoms with Gasteiger partial charge in [0.1, 0.15) is 5.82 Å². The third-order valence-corrected chi connectivity index (χ3v) is 2.68. The van der Waals surface area contributed by atoms with E-state index in [1.165, 1.54) is 6.20 Å². The molecule has 0 aliphatic heterocycles. The van der Waals surface area contributed by atoms with Crippen molar-refractivity contribution in [2.75, 3.05) is 0 Å². The van der Waals surface area contributed by atoms with Crippen molar-refractivity contribution >= 4 is 22.9 Å². The van der Waals surface area contributed by atoms with E-state index in [4.69, 9.17) is 11.6 Å². The number of hydrogen-bond acceptors (Lipinski definition) is 2. The van der Waals surface area contributed by atoms with Crippen molar-refractivity contribution in [2.24, 2.45) is 0 Å². The standard InChI is InChI=1S/C7H3ClF2N2S/c8-3-2-11-12-6(3)7-4(9)1-5(10)13-7/h1-2H,(H,11,12). The Morgan fingerprint density at radius 1 is 1.46 bits per heavy atom. The van der Waals surface area contributed by atoms with Gasteiger partial charge in [-0.25, -0.2) is 4.39 Å². The normalized spacial score (nSPS) is 10.7. The predicted molar refractivity (Wildman–Crippen MR) is 46.8 cm³/mol. The van der Waals surface area contributed by atoms with Gasteiger partial charge in [0, 0.05) is 6.07 Å². The van der Waals surface area contributed by atoms with Crippen molar-refractivity contribution < 1.29 is 8.78 Å². The quantitative estimate of drug-likeness (QED) is 0.786. The largest absolute Gasteiger partial charge is 0.275 e. The molecule has 2 aromatic heterocycles. The Kier molecular flexibility index (Phi) is 2.05. The van der Waals surface area contributed by atoms with Gasteiger partial charge in [-0.3, -0.25) is 5.10 Å². The van der Waals surface area contributed by atoms with E-state index in [2.05, 4.69) is 10.2 Å². The number of aromatic amines is 1. The van der Waals surface area contributed by atoms with E-state index in [0.717, 1.165) is 6.07 Å². The van der Waals surface area contributed by atoms with Crippen molar-refractivity contribution in [3.05, 3.63) is 28.2 Å². The molecule has 0 aromatic carbocycles. The Bertz CT molecular complexity index is 437. The molecule has 0 amide bonds. The molecule has 2 heterocycles. The van der Waals surface area contributed by atoms with Crippen LogP contribution in [0, 0.1) is 10.9 Å². The van der Waals surface area contributed by atoms with Crippen molar-refractivity contribution in [3.8, 4) is 10.6 Å². The maximum Gasteiger partial charge on any atom is 0.180 e. The molecule has 6 heteroatoms. The van der Waals surface area contributed by atoms with Crippen LogP contribution in [0.15, 0.2) is 12.3 Å². The van der Waals surface area contributed by atoms with Crippen LogP contribution in [0.1, 0.15) is 0 Å². The van der Waals surface area contributed by atoms with Gasteiger partial charge in [0.15, 0.2) is 5.13 Å². The zero-order valence-electron chi connectivity index (χ0n) is 6.14. The molecule has 0 unspecified atom stereocenters. The number of rotatable bonds is 1. The minimum atomic E-state index is -0.631. The number of halogens is 3. The number of nitrogens with one attached hydrogen (secondary N) is 1. The van der Waals surface area contributed by atoms with Gasteiger partial charge in [0.05, 0.1) is 21.8 Å². The number of hydrogen-bond donors (Lipinski definition) is 1. The summed E-state index contributed by atoms with van der Waals surface area (Å²) in [7, 11) is 0. The molecule has 0 fully saturated rings. The van der Waals surface area contributed by atoms with Gasteiger partial charge in [-0.15, -0.1) is 11.3 Å². The number of H-pyrrole nitrogens is 1. The summed E-state index contributed by atoms with van der Waals surface area (Å²) < 4.78 is 25.6. The first kappa shape index (κ1) is 8.65. The SMILES string of the molecule is Fc1cc(F)c(-c2[nH]ncc2Cl)s1. The molecule has 2 nitrogen and oxygen atoms in total. The smallest absolute Gasteiger partial charge is 0.180 e. The van der Waals surface area contributed by atoms with E-state index in [1.54, 1.807) is 0 Å². The third-order valence-electron chi connectivity index (χ3n) is 1.48. The number of aromatic nitrogens is 2. The van der Waals surface area contributed by atoms with E-state index < -0.39 is 10.9 Å². The second-order valence-electron chi connectivity index (χ2n) is 2.32. The Morgan fingerprint density at radius 3 is 2.69 bits per heavy atom. The second kappa shape index (κ2) is 3.08. The van der Waals surface area contributed by atoms with Gasteiger partial charge in [-0.05, 0) is 0 Å². The summed E-state index contributed by atoms with van der Waals surface area (Å²) in [5.74, 6) is -0.631. The van der Waals surface area contributed by atoms with Crippen LogP contribution in [-0.4, -0.2) is 10.2 Å². The Morgan fingerprint density at radius 2 is 2.23 bits per heavy atom. The molecule has 2 aromatic rings. The lowest BCUT2D eigenvalue weighted by atomic mass is 10.3. The van der Waals surface area contributed by atoms with Gasteiger partial charge in [0.25, 0.3) is 0 Å². The minimum absolute atomic E-state index is 0.139. The van der Waals surface area contributed by atoms with E-state index in [-0.39, 0.29) is 9.90 Å². The van der Waals surface area contributed by atoms with Crippen molar-refractivity contribution in [1.82, 2.24) is 10.2 Å². The van der Waals surface area contributed by atoms with Crippen LogP contribution in [0.25, 0.3) is 10.6 Å². The highest BCUT2D eigenvalue weighted by Gasteiger charge is 2.14. The van der Waals surface area contributed by atoms with Gasteiger partial charge >= 0.3 is 0 Å². The molecule has 0 spiro atoms. The molecule has 0 saturated carbocycles. The third kappa shape index (κ3) is 1.45. The highest BCUT2D eigenvalue weighted by atomic mass is 35.5. The molecule has 0 saturated heterocycles. The average molecular weight is 221 g/mol. The summed E-state index contributed by atoms with van der Waals surface area (Å²) in [5, 5.41) is 5.80. The van der Waals surface area contributed by atoms with Gasteiger partial charge in [0.2, 0.25) is 0 Å². The monoisotopic (exact) mass is 220 g/mol. The molecule has 13 heavy (non-hydrogen) atoms. The van der Waals surface area contributed by atoms with Crippen LogP contribution in [0.3, 0.4) is 0 Å². The van der Waals surface area contributed by atoms with Gasteiger partial charge in [-0.2, -0.15) is 9.49 Å². The van der Waals surface area contributed by atoms with Gasteiger partial charge < -0.3 is 0 Å². The summed E-state index contributed by atoms with van der Waals surface area (Å²) >= 11 is 6.37. The first-order valence-corrected chi connectivity index (χ1v) is 4.52. The van der Waals surface area contributed by atoms with Crippen molar-refractivity contribution in [3.63, 3.8) is 0 Å². The molecule has 68 valence electrons. The topological polar surface area (TPSA) is 28.7 Å². The molecule has 2 rings (SSSR count).